The quantitative estimate of drug-likeness (QED) is 0.458. The summed E-state index contributed by atoms with van der Waals surface area (Å²) >= 11 is 0. The number of nitrogens with zero attached hydrogens (tertiary/aromatic N) is 1. The molecule has 0 saturated carbocycles. The maximum atomic E-state index is 5.88. The van der Waals surface area contributed by atoms with Gasteiger partial charge in [-0.05, 0) is 44.2 Å². The second kappa shape index (κ2) is 10.3. The Bertz CT molecular complexity index is 513. The van der Waals surface area contributed by atoms with Gasteiger partial charge < -0.3 is 20.1 Å². The van der Waals surface area contributed by atoms with Crippen molar-refractivity contribution in [2.75, 3.05) is 33.4 Å². The highest BCUT2D eigenvalue weighted by Crippen LogP contribution is 2.16. The first-order chi connectivity index (χ1) is 11.7. The lowest BCUT2D eigenvalue weighted by Gasteiger charge is -2.22. The Labute approximate surface area is 145 Å². The number of ether oxygens (including phenoxy) is 2. The summed E-state index contributed by atoms with van der Waals surface area (Å²) in [4.78, 5) is 4.31. The van der Waals surface area contributed by atoms with Gasteiger partial charge in [0.15, 0.2) is 5.96 Å². The van der Waals surface area contributed by atoms with E-state index in [0.717, 1.165) is 51.6 Å². The highest BCUT2D eigenvalue weighted by molar-refractivity contribution is 5.80. The maximum Gasteiger partial charge on any atom is 0.191 e. The molecule has 1 aromatic rings. The molecule has 0 aliphatic carbocycles. The summed E-state index contributed by atoms with van der Waals surface area (Å²) in [5.74, 6) is 0.830. The fourth-order valence-electron chi connectivity index (χ4n) is 2.92. The summed E-state index contributed by atoms with van der Waals surface area (Å²) in [6.07, 6.45) is 3.38. The Morgan fingerprint density at radius 3 is 2.79 bits per heavy atom. The zero-order valence-electron chi connectivity index (χ0n) is 15.2. The molecule has 24 heavy (non-hydrogen) atoms. The van der Waals surface area contributed by atoms with Crippen LogP contribution in [0.25, 0.3) is 0 Å². The Morgan fingerprint density at radius 2 is 2.08 bits per heavy atom. The minimum atomic E-state index is 0.218. The van der Waals surface area contributed by atoms with E-state index in [2.05, 4.69) is 53.7 Å². The molecule has 0 amide bonds. The average Bonchev–Trinajstić information content (AvgIpc) is 2.61. The van der Waals surface area contributed by atoms with Gasteiger partial charge in [-0.1, -0.05) is 24.3 Å². The minimum Gasteiger partial charge on any atom is -0.381 e. The third kappa shape index (κ3) is 6.13. The van der Waals surface area contributed by atoms with Crippen molar-refractivity contribution < 1.29 is 9.47 Å². The van der Waals surface area contributed by atoms with E-state index >= 15 is 0 Å². The van der Waals surface area contributed by atoms with E-state index in [9.17, 15) is 0 Å². The highest BCUT2D eigenvalue weighted by atomic mass is 16.5. The topological polar surface area (TPSA) is 54.9 Å². The van der Waals surface area contributed by atoms with Crippen molar-refractivity contribution in [3.8, 4) is 0 Å². The van der Waals surface area contributed by atoms with Crippen molar-refractivity contribution in [1.29, 1.82) is 0 Å². The van der Waals surface area contributed by atoms with Crippen LogP contribution < -0.4 is 10.6 Å². The maximum absolute atomic E-state index is 5.88. The van der Waals surface area contributed by atoms with Crippen LogP contribution in [0.15, 0.2) is 29.3 Å². The largest absolute Gasteiger partial charge is 0.381 e. The van der Waals surface area contributed by atoms with Crippen LogP contribution in [0.1, 0.15) is 43.4 Å². The van der Waals surface area contributed by atoms with Gasteiger partial charge in [-0.15, -0.1) is 0 Å². The van der Waals surface area contributed by atoms with Gasteiger partial charge in [-0.25, -0.2) is 0 Å². The zero-order chi connectivity index (χ0) is 17.2. The SMILES string of the molecule is CN=C(NCCCOC1CCOCC1)NC(C)c1ccccc1C. The van der Waals surface area contributed by atoms with Crippen LogP contribution in [0.2, 0.25) is 0 Å². The summed E-state index contributed by atoms with van der Waals surface area (Å²) in [5.41, 5.74) is 2.58. The van der Waals surface area contributed by atoms with Gasteiger partial charge in [-0.2, -0.15) is 0 Å². The van der Waals surface area contributed by atoms with E-state index in [-0.39, 0.29) is 6.04 Å². The standard InChI is InChI=1S/C19H31N3O2/c1-15-7-4-5-8-18(15)16(2)22-19(20-3)21-11-6-12-24-17-9-13-23-14-10-17/h4-5,7-8,16-17H,6,9-14H2,1-3H3,(H2,20,21,22). The average molecular weight is 333 g/mol. The summed E-state index contributed by atoms with van der Waals surface area (Å²) in [7, 11) is 1.80. The van der Waals surface area contributed by atoms with Gasteiger partial charge in [-0.3, -0.25) is 4.99 Å². The predicted molar refractivity (Wildman–Crippen MR) is 98.5 cm³/mol. The number of aliphatic imine (C=N–C) groups is 1. The van der Waals surface area contributed by atoms with Crippen molar-refractivity contribution in [3.63, 3.8) is 0 Å². The summed E-state index contributed by atoms with van der Waals surface area (Å²) in [6, 6.07) is 8.65. The Morgan fingerprint density at radius 1 is 1.33 bits per heavy atom. The second-order valence-corrected chi connectivity index (χ2v) is 6.26. The van der Waals surface area contributed by atoms with E-state index in [4.69, 9.17) is 9.47 Å². The molecule has 0 radical (unpaired) electrons. The van der Waals surface area contributed by atoms with Crippen molar-refractivity contribution in [1.82, 2.24) is 10.6 Å². The van der Waals surface area contributed by atoms with Crippen LogP contribution in [0.5, 0.6) is 0 Å². The molecule has 5 heteroatoms. The molecule has 1 aromatic carbocycles. The molecule has 1 aliphatic heterocycles. The van der Waals surface area contributed by atoms with Crippen LogP contribution in [0.4, 0.5) is 0 Å². The van der Waals surface area contributed by atoms with Crippen LogP contribution in [-0.2, 0) is 9.47 Å². The number of rotatable bonds is 7. The fraction of sp³-hybridized carbons (Fsp3) is 0.632. The van der Waals surface area contributed by atoms with E-state index in [1.807, 2.05) is 0 Å². The second-order valence-electron chi connectivity index (χ2n) is 6.26. The minimum absolute atomic E-state index is 0.218. The number of hydrogen-bond donors (Lipinski definition) is 2. The monoisotopic (exact) mass is 333 g/mol. The van der Waals surface area contributed by atoms with E-state index in [1.165, 1.54) is 11.1 Å². The van der Waals surface area contributed by atoms with Gasteiger partial charge in [0.1, 0.15) is 0 Å². The lowest BCUT2D eigenvalue weighted by Crippen LogP contribution is -2.39. The normalized spacial score (nSPS) is 17.5. The molecule has 1 unspecified atom stereocenters. The predicted octanol–water partition coefficient (Wildman–Crippen LogP) is 2.81. The molecule has 5 nitrogen and oxygen atoms in total. The molecule has 1 heterocycles. The first-order valence-corrected chi connectivity index (χ1v) is 8.92. The highest BCUT2D eigenvalue weighted by Gasteiger charge is 2.13. The van der Waals surface area contributed by atoms with E-state index in [0.29, 0.717) is 6.10 Å². The first-order valence-electron chi connectivity index (χ1n) is 8.92. The number of hydrogen-bond acceptors (Lipinski definition) is 3. The molecule has 0 bridgehead atoms. The molecule has 2 N–H and O–H groups in total. The third-order valence-electron chi connectivity index (χ3n) is 4.37. The Kier molecular flexibility index (Phi) is 8.05. The lowest BCUT2D eigenvalue weighted by molar-refractivity contribution is -0.0320. The summed E-state index contributed by atoms with van der Waals surface area (Å²) in [5, 5.41) is 6.81. The van der Waals surface area contributed by atoms with Gasteiger partial charge in [0.2, 0.25) is 0 Å². The van der Waals surface area contributed by atoms with Crippen LogP contribution in [-0.4, -0.2) is 45.5 Å². The van der Waals surface area contributed by atoms with Crippen molar-refractivity contribution in [2.45, 2.75) is 45.3 Å². The summed E-state index contributed by atoms with van der Waals surface area (Å²) < 4.78 is 11.2. The molecule has 1 saturated heterocycles. The fourth-order valence-corrected chi connectivity index (χ4v) is 2.92. The Hall–Kier alpha value is -1.59. The number of benzene rings is 1. The molecular weight excluding hydrogens is 302 g/mol. The van der Waals surface area contributed by atoms with Crippen LogP contribution in [0, 0.1) is 6.92 Å². The van der Waals surface area contributed by atoms with Crippen LogP contribution in [0.3, 0.4) is 0 Å². The smallest absolute Gasteiger partial charge is 0.191 e. The van der Waals surface area contributed by atoms with Gasteiger partial charge in [0.05, 0.1) is 12.1 Å². The number of aryl methyl sites for hydroxylation is 1. The van der Waals surface area contributed by atoms with E-state index in [1.54, 1.807) is 7.05 Å². The van der Waals surface area contributed by atoms with Gasteiger partial charge in [0, 0.05) is 33.4 Å². The van der Waals surface area contributed by atoms with Crippen molar-refractivity contribution >= 4 is 5.96 Å². The lowest BCUT2D eigenvalue weighted by atomic mass is 10.0. The van der Waals surface area contributed by atoms with E-state index < -0.39 is 0 Å². The van der Waals surface area contributed by atoms with Gasteiger partial charge >= 0.3 is 0 Å². The third-order valence-corrected chi connectivity index (χ3v) is 4.37. The van der Waals surface area contributed by atoms with Crippen molar-refractivity contribution in [3.05, 3.63) is 35.4 Å². The molecule has 134 valence electrons. The zero-order valence-corrected chi connectivity index (χ0v) is 15.2. The summed E-state index contributed by atoms with van der Waals surface area (Å²) in [6.45, 7) is 7.58. The molecule has 2 rings (SSSR count). The molecule has 0 spiro atoms. The number of guanidine groups is 1. The molecule has 0 aromatic heterocycles. The molecule has 1 fully saturated rings. The molecule has 1 aliphatic rings. The van der Waals surface area contributed by atoms with Crippen molar-refractivity contribution in [2.24, 2.45) is 4.99 Å². The first kappa shape index (κ1) is 18.7. The van der Waals surface area contributed by atoms with Gasteiger partial charge in [0.25, 0.3) is 0 Å². The van der Waals surface area contributed by atoms with Crippen LogP contribution >= 0.6 is 0 Å². The molecular formula is C19H31N3O2. The number of nitrogens with one attached hydrogen (secondary N) is 2. The Balaban J connectivity index is 1.66. The molecule has 1 atom stereocenters.